The van der Waals surface area contributed by atoms with Gasteiger partial charge in [0.15, 0.2) is 5.82 Å². The first kappa shape index (κ1) is 11.8. The molecule has 6 nitrogen and oxygen atoms in total. The standard InChI is InChI=1S/C12H11N5OS/c1-7-4-3-5-9(6-7)13-10(18)11-16-17-8(2)14-15-12(17)19-11/h3-6H,1-2H3,(H,13,18). The van der Waals surface area contributed by atoms with Crippen LogP contribution in [0.4, 0.5) is 5.69 Å². The van der Waals surface area contributed by atoms with E-state index in [0.29, 0.717) is 15.8 Å². The van der Waals surface area contributed by atoms with E-state index in [9.17, 15) is 4.79 Å². The van der Waals surface area contributed by atoms with Crippen LogP contribution in [0.1, 0.15) is 21.2 Å². The average Bonchev–Trinajstić information content (AvgIpc) is 2.92. The first-order valence-corrected chi connectivity index (χ1v) is 6.52. The summed E-state index contributed by atoms with van der Waals surface area (Å²) >= 11 is 1.22. The fourth-order valence-corrected chi connectivity index (χ4v) is 2.49. The van der Waals surface area contributed by atoms with Crippen molar-refractivity contribution in [1.29, 1.82) is 0 Å². The molecule has 2 heterocycles. The fourth-order valence-electron chi connectivity index (χ4n) is 1.71. The number of nitrogens with zero attached hydrogens (tertiary/aromatic N) is 4. The number of nitrogens with one attached hydrogen (secondary N) is 1. The molecule has 0 bridgehead atoms. The summed E-state index contributed by atoms with van der Waals surface area (Å²) in [6.45, 7) is 3.77. The van der Waals surface area contributed by atoms with Gasteiger partial charge in [-0.25, -0.2) is 0 Å². The number of fused-ring (bicyclic) bond motifs is 1. The quantitative estimate of drug-likeness (QED) is 0.775. The summed E-state index contributed by atoms with van der Waals surface area (Å²) in [6, 6.07) is 7.62. The molecular formula is C12H11N5OS. The number of aryl methyl sites for hydroxylation is 2. The minimum Gasteiger partial charge on any atom is -0.320 e. The van der Waals surface area contributed by atoms with Gasteiger partial charge in [0.2, 0.25) is 9.97 Å². The van der Waals surface area contributed by atoms with Gasteiger partial charge in [-0.1, -0.05) is 23.5 Å². The molecule has 1 amide bonds. The van der Waals surface area contributed by atoms with Crippen LogP contribution in [0.15, 0.2) is 24.3 Å². The molecule has 0 saturated heterocycles. The van der Waals surface area contributed by atoms with Crippen molar-refractivity contribution in [2.24, 2.45) is 0 Å². The molecule has 7 heteroatoms. The van der Waals surface area contributed by atoms with Gasteiger partial charge in [-0.15, -0.1) is 15.3 Å². The Hall–Kier alpha value is -2.28. The SMILES string of the molecule is Cc1cccc(NC(=O)c2nn3c(C)nnc3s2)c1. The molecule has 0 saturated carbocycles. The van der Waals surface area contributed by atoms with E-state index in [4.69, 9.17) is 0 Å². The molecular weight excluding hydrogens is 262 g/mol. The van der Waals surface area contributed by atoms with E-state index in [1.807, 2.05) is 31.2 Å². The number of rotatable bonds is 2. The van der Waals surface area contributed by atoms with Crippen molar-refractivity contribution in [3.8, 4) is 0 Å². The first-order chi connectivity index (χ1) is 9.13. The van der Waals surface area contributed by atoms with E-state index in [1.54, 1.807) is 11.4 Å². The number of amides is 1. The summed E-state index contributed by atoms with van der Waals surface area (Å²) in [5.74, 6) is 0.432. The Morgan fingerprint density at radius 1 is 1.32 bits per heavy atom. The van der Waals surface area contributed by atoms with Gasteiger partial charge in [-0.3, -0.25) is 4.79 Å². The van der Waals surface area contributed by atoms with Crippen LogP contribution in [0.5, 0.6) is 0 Å². The van der Waals surface area contributed by atoms with Gasteiger partial charge in [0.25, 0.3) is 5.91 Å². The summed E-state index contributed by atoms with van der Waals surface area (Å²) in [4.78, 5) is 12.7. The van der Waals surface area contributed by atoms with Crippen LogP contribution in [-0.2, 0) is 0 Å². The molecule has 0 radical (unpaired) electrons. The van der Waals surface area contributed by atoms with Crippen LogP contribution in [-0.4, -0.2) is 25.7 Å². The van der Waals surface area contributed by atoms with Gasteiger partial charge >= 0.3 is 0 Å². The van der Waals surface area contributed by atoms with Gasteiger partial charge in [-0.2, -0.15) is 4.52 Å². The smallest absolute Gasteiger partial charge is 0.286 e. The zero-order valence-corrected chi connectivity index (χ0v) is 11.2. The van der Waals surface area contributed by atoms with Crippen molar-refractivity contribution in [2.45, 2.75) is 13.8 Å². The third-order valence-corrected chi connectivity index (χ3v) is 3.51. The Morgan fingerprint density at radius 3 is 2.89 bits per heavy atom. The van der Waals surface area contributed by atoms with Crippen molar-refractivity contribution in [2.75, 3.05) is 5.32 Å². The molecule has 0 unspecified atom stereocenters. The molecule has 3 aromatic rings. The summed E-state index contributed by atoms with van der Waals surface area (Å²) in [7, 11) is 0. The second kappa shape index (κ2) is 4.43. The molecule has 3 rings (SSSR count). The zero-order chi connectivity index (χ0) is 13.4. The molecule has 1 N–H and O–H groups in total. The second-order valence-corrected chi connectivity index (χ2v) is 5.13. The summed E-state index contributed by atoms with van der Waals surface area (Å²) in [6.07, 6.45) is 0. The van der Waals surface area contributed by atoms with Crippen molar-refractivity contribution in [3.05, 3.63) is 40.7 Å². The maximum Gasteiger partial charge on any atom is 0.286 e. The van der Waals surface area contributed by atoms with E-state index < -0.39 is 0 Å². The van der Waals surface area contributed by atoms with Crippen molar-refractivity contribution >= 4 is 27.9 Å². The number of benzene rings is 1. The molecule has 96 valence electrons. The van der Waals surface area contributed by atoms with E-state index in [0.717, 1.165) is 11.3 Å². The van der Waals surface area contributed by atoms with Crippen LogP contribution in [0.3, 0.4) is 0 Å². The third kappa shape index (κ3) is 2.19. The van der Waals surface area contributed by atoms with Gasteiger partial charge < -0.3 is 5.32 Å². The molecule has 0 aliphatic rings. The molecule has 2 aromatic heterocycles. The Kier molecular flexibility index (Phi) is 2.75. The van der Waals surface area contributed by atoms with Gasteiger partial charge in [0, 0.05) is 5.69 Å². The van der Waals surface area contributed by atoms with Crippen LogP contribution < -0.4 is 5.32 Å². The lowest BCUT2D eigenvalue weighted by Gasteiger charge is -2.02. The molecule has 0 atom stereocenters. The highest BCUT2D eigenvalue weighted by Gasteiger charge is 2.15. The highest BCUT2D eigenvalue weighted by Crippen LogP contribution is 2.16. The minimum atomic E-state index is -0.236. The Balaban J connectivity index is 1.87. The second-order valence-electron chi connectivity index (χ2n) is 4.17. The molecule has 0 aliphatic carbocycles. The van der Waals surface area contributed by atoms with Crippen molar-refractivity contribution in [3.63, 3.8) is 0 Å². The largest absolute Gasteiger partial charge is 0.320 e. The Labute approximate surface area is 113 Å². The van der Waals surface area contributed by atoms with E-state index in [1.165, 1.54) is 11.3 Å². The Morgan fingerprint density at radius 2 is 2.16 bits per heavy atom. The number of hydrogen-bond donors (Lipinski definition) is 1. The zero-order valence-electron chi connectivity index (χ0n) is 10.4. The van der Waals surface area contributed by atoms with Gasteiger partial charge in [0.05, 0.1) is 0 Å². The van der Waals surface area contributed by atoms with Crippen LogP contribution in [0.25, 0.3) is 4.96 Å². The van der Waals surface area contributed by atoms with Crippen LogP contribution in [0, 0.1) is 13.8 Å². The van der Waals surface area contributed by atoms with E-state index in [2.05, 4.69) is 20.6 Å². The Bertz CT molecular complexity index is 760. The normalized spacial score (nSPS) is 10.8. The van der Waals surface area contributed by atoms with E-state index >= 15 is 0 Å². The number of anilines is 1. The summed E-state index contributed by atoms with van der Waals surface area (Å²) in [5.41, 5.74) is 1.85. The predicted octanol–water partition coefficient (Wildman–Crippen LogP) is 2.05. The van der Waals surface area contributed by atoms with Crippen LogP contribution >= 0.6 is 11.3 Å². The molecule has 0 aliphatic heterocycles. The maximum absolute atomic E-state index is 12.1. The van der Waals surface area contributed by atoms with E-state index in [-0.39, 0.29) is 5.91 Å². The number of aromatic nitrogens is 4. The monoisotopic (exact) mass is 273 g/mol. The highest BCUT2D eigenvalue weighted by atomic mass is 32.1. The molecule has 1 aromatic carbocycles. The molecule has 19 heavy (non-hydrogen) atoms. The molecule has 0 fully saturated rings. The third-order valence-electron chi connectivity index (χ3n) is 2.62. The first-order valence-electron chi connectivity index (χ1n) is 5.70. The summed E-state index contributed by atoms with van der Waals surface area (Å²) < 4.78 is 1.57. The summed E-state index contributed by atoms with van der Waals surface area (Å²) in [5, 5.41) is 15.2. The lowest BCUT2D eigenvalue weighted by atomic mass is 10.2. The van der Waals surface area contributed by atoms with Crippen molar-refractivity contribution in [1.82, 2.24) is 19.8 Å². The average molecular weight is 273 g/mol. The number of hydrogen-bond acceptors (Lipinski definition) is 5. The predicted molar refractivity (Wildman–Crippen MR) is 72.5 cm³/mol. The van der Waals surface area contributed by atoms with Gasteiger partial charge in [0.1, 0.15) is 0 Å². The number of carbonyl (C=O) groups is 1. The highest BCUT2D eigenvalue weighted by molar-refractivity contribution is 7.18. The topological polar surface area (TPSA) is 72.2 Å². The lowest BCUT2D eigenvalue weighted by molar-refractivity contribution is 0.102. The number of carbonyl (C=O) groups excluding carboxylic acids is 1. The maximum atomic E-state index is 12.1. The van der Waals surface area contributed by atoms with Crippen LogP contribution in [0.2, 0.25) is 0 Å². The van der Waals surface area contributed by atoms with Crippen molar-refractivity contribution < 1.29 is 4.79 Å². The lowest BCUT2D eigenvalue weighted by Crippen LogP contribution is -2.12. The van der Waals surface area contributed by atoms with Gasteiger partial charge in [-0.05, 0) is 31.5 Å². The molecule has 0 spiro atoms. The fraction of sp³-hybridized carbons (Fsp3) is 0.167. The minimum absolute atomic E-state index is 0.236.